The third-order valence-electron chi connectivity index (χ3n) is 5.18. The molecule has 3 aromatic carbocycles. The Balaban J connectivity index is 1.69. The second-order valence-corrected chi connectivity index (χ2v) is 7.22. The van der Waals surface area contributed by atoms with Gasteiger partial charge in [-0.25, -0.2) is 0 Å². The molecule has 0 aromatic heterocycles. The van der Waals surface area contributed by atoms with E-state index in [4.69, 9.17) is 14.2 Å². The summed E-state index contributed by atoms with van der Waals surface area (Å²) in [6.07, 6.45) is 0.268. The van der Waals surface area contributed by atoms with Gasteiger partial charge in [-0.1, -0.05) is 30.3 Å². The van der Waals surface area contributed by atoms with Crippen LogP contribution in [0.2, 0.25) is 0 Å². The van der Waals surface area contributed by atoms with Crippen molar-refractivity contribution < 1.29 is 23.8 Å². The molecule has 0 unspecified atom stereocenters. The topological polar surface area (TPSA) is 77.1 Å². The Morgan fingerprint density at radius 3 is 1.97 bits per heavy atom. The number of amides is 2. The quantitative estimate of drug-likeness (QED) is 0.519. The number of hydrogen-bond donors (Lipinski definition) is 1. The molecule has 0 fully saturated rings. The van der Waals surface area contributed by atoms with Crippen molar-refractivity contribution in [1.82, 2.24) is 0 Å². The SMILES string of the molecule is CCN(C(=O)Cc1ccc(NC(=O)c2cc(OC)c(OC)c(OC)c2)cc1)c1ccccc1. The number of nitrogens with one attached hydrogen (secondary N) is 1. The minimum Gasteiger partial charge on any atom is -0.493 e. The highest BCUT2D eigenvalue weighted by atomic mass is 16.5. The molecule has 1 N–H and O–H groups in total. The maximum absolute atomic E-state index is 12.8. The highest BCUT2D eigenvalue weighted by Gasteiger charge is 2.18. The van der Waals surface area contributed by atoms with Gasteiger partial charge in [0, 0.05) is 23.5 Å². The minimum absolute atomic E-state index is 0.0120. The molecular formula is C26H28N2O5. The van der Waals surface area contributed by atoms with Gasteiger partial charge < -0.3 is 24.4 Å². The van der Waals surface area contributed by atoms with Crippen LogP contribution in [0.1, 0.15) is 22.8 Å². The standard InChI is InChI=1S/C26H28N2O5/c1-5-28(21-9-7-6-8-10-21)24(29)15-18-11-13-20(14-12-18)27-26(30)19-16-22(31-2)25(33-4)23(17-19)32-3/h6-14,16-17H,5,15H2,1-4H3,(H,27,30). The van der Waals surface area contributed by atoms with E-state index in [0.29, 0.717) is 35.0 Å². The first-order chi connectivity index (χ1) is 16.0. The Morgan fingerprint density at radius 2 is 1.45 bits per heavy atom. The van der Waals surface area contributed by atoms with Gasteiger partial charge in [-0.2, -0.15) is 0 Å². The van der Waals surface area contributed by atoms with Crippen molar-refractivity contribution in [2.24, 2.45) is 0 Å². The van der Waals surface area contributed by atoms with Crippen LogP contribution in [0.4, 0.5) is 11.4 Å². The second-order valence-electron chi connectivity index (χ2n) is 7.22. The maximum atomic E-state index is 12.8. The molecule has 0 heterocycles. The zero-order valence-electron chi connectivity index (χ0n) is 19.3. The van der Waals surface area contributed by atoms with Crippen LogP contribution in [0.5, 0.6) is 17.2 Å². The van der Waals surface area contributed by atoms with Gasteiger partial charge in [0.25, 0.3) is 5.91 Å². The summed E-state index contributed by atoms with van der Waals surface area (Å²) < 4.78 is 15.9. The van der Waals surface area contributed by atoms with E-state index in [-0.39, 0.29) is 18.2 Å². The first-order valence-corrected chi connectivity index (χ1v) is 10.6. The predicted octanol–water partition coefficient (Wildman–Crippen LogP) is 4.56. The molecule has 0 aliphatic rings. The van der Waals surface area contributed by atoms with E-state index in [1.807, 2.05) is 49.4 Å². The Bertz CT molecular complexity index is 1070. The normalized spacial score (nSPS) is 10.3. The molecule has 0 spiro atoms. The van der Waals surface area contributed by atoms with Gasteiger partial charge in [0.05, 0.1) is 27.8 Å². The highest BCUT2D eigenvalue weighted by molar-refractivity contribution is 6.05. The first-order valence-electron chi connectivity index (χ1n) is 10.6. The smallest absolute Gasteiger partial charge is 0.255 e. The van der Waals surface area contributed by atoms with Gasteiger partial charge in [0.2, 0.25) is 11.7 Å². The average Bonchev–Trinajstić information content (AvgIpc) is 2.85. The lowest BCUT2D eigenvalue weighted by Crippen LogP contribution is -2.31. The second kappa shape index (κ2) is 11.0. The van der Waals surface area contributed by atoms with E-state index in [1.165, 1.54) is 21.3 Å². The van der Waals surface area contributed by atoms with E-state index >= 15 is 0 Å². The van der Waals surface area contributed by atoms with Crippen molar-refractivity contribution in [2.45, 2.75) is 13.3 Å². The van der Waals surface area contributed by atoms with Gasteiger partial charge in [0.1, 0.15) is 0 Å². The number of carbonyl (C=O) groups excluding carboxylic acids is 2. The summed E-state index contributed by atoms with van der Waals surface area (Å²) in [5.41, 5.74) is 2.71. The molecule has 7 heteroatoms. The number of hydrogen-bond acceptors (Lipinski definition) is 5. The van der Waals surface area contributed by atoms with Crippen LogP contribution in [0.15, 0.2) is 66.7 Å². The number of rotatable bonds is 9. The molecule has 172 valence electrons. The monoisotopic (exact) mass is 448 g/mol. The number of nitrogens with zero attached hydrogens (tertiary/aromatic N) is 1. The number of likely N-dealkylation sites (N-methyl/N-ethyl adjacent to an activating group) is 1. The summed E-state index contributed by atoms with van der Waals surface area (Å²) in [4.78, 5) is 27.3. The molecule has 3 aromatic rings. The summed E-state index contributed by atoms with van der Waals surface area (Å²) in [6.45, 7) is 2.54. The molecule has 0 aliphatic carbocycles. The highest BCUT2D eigenvalue weighted by Crippen LogP contribution is 2.38. The predicted molar refractivity (Wildman–Crippen MR) is 129 cm³/mol. The molecule has 2 amide bonds. The van der Waals surface area contributed by atoms with Gasteiger partial charge in [-0.05, 0) is 48.9 Å². The van der Waals surface area contributed by atoms with Crippen molar-refractivity contribution in [3.05, 3.63) is 77.9 Å². The Kier molecular flexibility index (Phi) is 7.91. The first kappa shape index (κ1) is 23.7. The number of anilines is 2. The maximum Gasteiger partial charge on any atom is 0.255 e. The lowest BCUT2D eigenvalue weighted by atomic mass is 10.1. The summed E-state index contributed by atoms with van der Waals surface area (Å²) in [5.74, 6) is 0.906. The number of para-hydroxylation sites is 1. The van der Waals surface area contributed by atoms with Crippen molar-refractivity contribution >= 4 is 23.2 Å². The number of benzene rings is 3. The molecular weight excluding hydrogens is 420 g/mol. The number of ether oxygens (including phenoxy) is 3. The van der Waals surface area contributed by atoms with Crippen LogP contribution in [0, 0.1) is 0 Å². The van der Waals surface area contributed by atoms with Crippen molar-refractivity contribution in [2.75, 3.05) is 38.1 Å². The lowest BCUT2D eigenvalue weighted by Gasteiger charge is -2.21. The van der Waals surface area contributed by atoms with Gasteiger partial charge in [-0.15, -0.1) is 0 Å². The fourth-order valence-corrected chi connectivity index (χ4v) is 3.50. The van der Waals surface area contributed by atoms with Gasteiger partial charge in [0.15, 0.2) is 11.5 Å². The molecule has 0 saturated heterocycles. The molecule has 0 radical (unpaired) electrons. The van der Waals surface area contributed by atoms with Crippen LogP contribution in [0.25, 0.3) is 0 Å². The van der Waals surface area contributed by atoms with Crippen LogP contribution in [-0.4, -0.2) is 39.7 Å². The Hall–Kier alpha value is -4.00. The van der Waals surface area contributed by atoms with Crippen LogP contribution < -0.4 is 24.4 Å². The van der Waals surface area contributed by atoms with E-state index < -0.39 is 0 Å². The van der Waals surface area contributed by atoms with Crippen LogP contribution in [-0.2, 0) is 11.2 Å². The van der Waals surface area contributed by atoms with Crippen LogP contribution in [0.3, 0.4) is 0 Å². The summed E-state index contributed by atoms with van der Waals surface area (Å²) in [5, 5.41) is 2.85. The Labute approximate surface area is 193 Å². The average molecular weight is 449 g/mol. The lowest BCUT2D eigenvalue weighted by molar-refractivity contribution is -0.117. The van der Waals surface area contributed by atoms with E-state index in [0.717, 1.165) is 11.3 Å². The van der Waals surface area contributed by atoms with E-state index in [1.54, 1.807) is 29.2 Å². The van der Waals surface area contributed by atoms with Crippen molar-refractivity contribution in [1.29, 1.82) is 0 Å². The van der Waals surface area contributed by atoms with E-state index in [9.17, 15) is 9.59 Å². The molecule has 33 heavy (non-hydrogen) atoms. The summed E-state index contributed by atoms with van der Waals surface area (Å²) >= 11 is 0. The third-order valence-corrected chi connectivity index (χ3v) is 5.18. The molecule has 0 atom stereocenters. The zero-order valence-corrected chi connectivity index (χ0v) is 19.3. The fraction of sp³-hybridized carbons (Fsp3) is 0.231. The van der Waals surface area contributed by atoms with Crippen molar-refractivity contribution in [3.8, 4) is 17.2 Å². The zero-order chi connectivity index (χ0) is 23.8. The fourth-order valence-electron chi connectivity index (χ4n) is 3.50. The number of carbonyl (C=O) groups is 2. The molecule has 3 rings (SSSR count). The molecule has 0 bridgehead atoms. The minimum atomic E-state index is -0.320. The van der Waals surface area contributed by atoms with Crippen LogP contribution >= 0.6 is 0 Å². The largest absolute Gasteiger partial charge is 0.493 e. The Morgan fingerprint density at radius 1 is 0.848 bits per heavy atom. The molecule has 0 saturated carbocycles. The molecule has 7 nitrogen and oxygen atoms in total. The van der Waals surface area contributed by atoms with Gasteiger partial charge >= 0.3 is 0 Å². The summed E-state index contributed by atoms with van der Waals surface area (Å²) in [6, 6.07) is 20.0. The summed E-state index contributed by atoms with van der Waals surface area (Å²) in [7, 11) is 4.50. The van der Waals surface area contributed by atoms with E-state index in [2.05, 4.69) is 5.32 Å². The number of methoxy groups -OCH3 is 3. The van der Waals surface area contributed by atoms with Crippen molar-refractivity contribution in [3.63, 3.8) is 0 Å². The van der Waals surface area contributed by atoms with Gasteiger partial charge in [-0.3, -0.25) is 9.59 Å². The molecule has 0 aliphatic heterocycles. The third kappa shape index (κ3) is 5.63.